The van der Waals surface area contributed by atoms with Gasteiger partial charge in [-0.1, -0.05) is 55.5 Å². The molecule has 3 rings (SSSR count). The summed E-state index contributed by atoms with van der Waals surface area (Å²) in [5.74, 6) is 0.378. The van der Waals surface area contributed by atoms with Crippen LogP contribution in [0, 0.1) is 5.92 Å². The highest BCUT2D eigenvalue weighted by molar-refractivity contribution is 5.67. The van der Waals surface area contributed by atoms with Crippen LogP contribution >= 0.6 is 0 Å². The normalized spacial score (nSPS) is 20.5. The Morgan fingerprint density at radius 3 is 2.46 bits per heavy atom. The second kappa shape index (κ2) is 7.86. The fourth-order valence-corrected chi connectivity index (χ4v) is 3.08. The van der Waals surface area contributed by atoms with E-state index < -0.39 is 0 Å². The molecular weight excluding hydrogens is 300 g/mol. The third-order valence-corrected chi connectivity index (χ3v) is 4.49. The minimum atomic E-state index is -0.219. The Kier molecular flexibility index (Phi) is 5.36. The number of nitrogens with zero attached hydrogens (tertiary/aromatic N) is 1. The van der Waals surface area contributed by atoms with Gasteiger partial charge in [0.1, 0.15) is 6.61 Å². The van der Waals surface area contributed by atoms with Crippen molar-refractivity contribution in [2.45, 2.75) is 26.0 Å². The van der Waals surface area contributed by atoms with Gasteiger partial charge in [0.15, 0.2) is 0 Å². The van der Waals surface area contributed by atoms with E-state index in [4.69, 9.17) is 4.74 Å². The van der Waals surface area contributed by atoms with Gasteiger partial charge in [0.25, 0.3) is 0 Å². The van der Waals surface area contributed by atoms with Crippen LogP contribution in [0.25, 0.3) is 0 Å². The summed E-state index contributed by atoms with van der Waals surface area (Å²) in [5.41, 5.74) is 2.15. The quantitative estimate of drug-likeness (QED) is 0.919. The Morgan fingerprint density at radius 2 is 1.79 bits per heavy atom. The number of nitrogens with one attached hydrogen (secondary N) is 1. The maximum absolute atomic E-state index is 12.3. The molecule has 126 valence electrons. The summed E-state index contributed by atoms with van der Waals surface area (Å²) in [6.45, 7) is 3.95. The lowest BCUT2D eigenvalue weighted by atomic mass is 9.94. The molecule has 2 aromatic carbocycles. The SMILES string of the molecule is CC1CN(C(=O)OCc2ccccc2)CCC1Nc1ccccc1. The van der Waals surface area contributed by atoms with Gasteiger partial charge in [-0.25, -0.2) is 4.79 Å². The number of benzene rings is 2. The van der Waals surface area contributed by atoms with E-state index in [-0.39, 0.29) is 6.09 Å². The molecule has 1 amide bonds. The van der Waals surface area contributed by atoms with Crippen LogP contribution in [-0.4, -0.2) is 30.1 Å². The second-order valence-electron chi connectivity index (χ2n) is 6.37. The predicted octanol–water partition coefficient (Wildman–Crippen LogP) is 4.15. The second-order valence-corrected chi connectivity index (χ2v) is 6.37. The lowest BCUT2D eigenvalue weighted by Crippen LogP contribution is -2.47. The topological polar surface area (TPSA) is 41.6 Å². The minimum Gasteiger partial charge on any atom is -0.445 e. The lowest BCUT2D eigenvalue weighted by Gasteiger charge is -2.37. The highest BCUT2D eigenvalue weighted by Gasteiger charge is 2.29. The number of rotatable bonds is 4. The van der Waals surface area contributed by atoms with Crippen molar-refractivity contribution in [2.24, 2.45) is 5.92 Å². The van der Waals surface area contributed by atoms with Crippen LogP contribution in [0.5, 0.6) is 0 Å². The van der Waals surface area contributed by atoms with Gasteiger partial charge >= 0.3 is 6.09 Å². The molecule has 2 aromatic rings. The van der Waals surface area contributed by atoms with Gasteiger partial charge in [-0.2, -0.15) is 0 Å². The number of ether oxygens (including phenoxy) is 1. The molecule has 1 aliphatic rings. The van der Waals surface area contributed by atoms with Crippen molar-refractivity contribution in [3.05, 3.63) is 66.2 Å². The molecule has 0 aromatic heterocycles. The number of amides is 1. The van der Waals surface area contributed by atoms with Crippen LogP contribution in [0.15, 0.2) is 60.7 Å². The van der Waals surface area contributed by atoms with Crippen LogP contribution in [-0.2, 0) is 11.3 Å². The molecule has 4 nitrogen and oxygen atoms in total. The van der Waals surface area contributed by atoms with Gasteiger partial charge in [0.05, 0.1) is 0 Å². The molecule has 1 aliphatic heterocycles. The van der Waals surface area contributed by atoms with E-state index in [9.17, 15) is 4.79 Å². The number of para-hydroxylation sites is 1. The van der Waals surface area contributed by atoms with Gasteiger partial charge in [0.2, 0.25) is 0 Å². The number of piperidine rings is 1. The number of likely N-dealkylation sites (tertiary alicyclic amines) is 1. The molecular formula is C20H24N2O2. The molecule has 0 aliphatic carbocycles. The van der Waals surface area contributed by atoms with E-state index in [0.29, 0.717) is 18.6 Å². The largest absolute Gasteiger partial charge is 0.445 e. The van der Waals surface area contributed by atoms with Crippen molar-refractivity contribution in [3.63, 3.8) is 0 Å². The highest BCUT2D eigenvalue weighted by atomic mass is 16.6. The van der Waals surface area contributed by atoms with Crippen LogP contribution in [0.2, 0.25) is 0 Å². The van der Waals surface area contributed by atoms with Gasteiger partial charge in [-0.3, -0.25) is 0 Å². The summed E-state index contributed by atoms with van der Waals surface area (Å²) in [6, 6.07) is 20.4. The molecule has 2 unspecified atom stereocenters. The Hall–Kier alpha value is -2.49. The van der Waals surface area contributed by atoms with Crippen LogP contribution < -0.4 is 5.32 Å². The Bertz CT molecular complexity index is 645. The molecule has 0 spiro atoms. The van der Waals surface area contributed by atoms with Crippen molar-refractivity contribution in [1.29, 1.82) is 0 Å². The van der Waals surface area contributed by atoms with E-state index in [0.717, 1.165) is 30.8 Å². The molecule has 4 heteroatoms. The zero-order chi connectivity index (χ0) is 16.8. The molecule has 0 radical (unpaired) electrons. The number of carbonyl (C=O) groups excluding carboxylic acids is 1. The molecule has 0 saturated carbocycles. The zero-order valence-electron chi connectivity index (χ0n) is 14.0. The molecule has 24 heavy (non-hydrogen) atoms. The first-order chi connectivity index (χ1) is 11.7. The van der Waals surface area contributed by atoms with Crippen LogP contribution in [0.1, 0.15) is 18.9 Å². The van der Waals surface area contributed by atoms with Crippen molar-refractivity contribution >= 4 is 11.8 Å². The summed E-state index contributed by atoms with van der Waals surface area (Å²) in [7, 11) is 0. The van der Waals surface area contributed by atoms with Gasteiger partial charge < -0.3 is 15.0 Å². The lowest BCUT2D eigenvalue weighted by molar-refractivity contribution is 0.0787. The fraction of sp³-hybridized carbons (Fsp3) is 0.350. The van der Waals surface area contributed by atoms with Gasteiger partial charge in [-0.15, -0.1) is 0 Å². The number of hydrogen-bond donors (Lipinski definition) is 1. The molecule has 1 fully saturated rings. The van der Waals surface area contributed by atoms with E-state index in [2.05, 4.69) is 24.4 Å². The van der Waals surface area contributed by atoms with Crippen molar-refractivity contribution in [3.8, 4) is 0 Å². The smallest absolute Gasteiger partial charge is 0.410 e. The monoisotopic (exact) mass is 324 g/mol. The number of anilines is 1. The van der Waals surface area contributed by atoms with Crippen molar-refractivity contribution in [2.75, 3.05) is 18.4 Å². The maximum Gasteiger partial charge on any atom is 0.410 e. The van der Waals surface area contributed by atoms with E-state index in [1.165, 1.54) is 0 Å². The predicted molar refractivity (Wildman–Crippen MR) is 95.8 cm³/mol. The number of hydrogen-bond acceptors (Lipinski definition) is 3. The summed E-state index contributed by atoms with van der Waals surface area (Å²) in [6.07, 6.45) is 0.708. The first kappa shape index (κ1) is 16.4. The Labute approximate surface area is 143 Å². The van der Waals surface area contributed by atoms with Crippen molar-refractivity contribution in [1.82, 2.24) is 4.90 Å². The zero-order valence-corrected chi connectivity index (χ0v) is 14.0. The molecule has 1 heterocycles. The maximum atomic E-state index is 12.3. The third kappa shape index (κ3) is 4.28. The number of carbonyl (C=O) groups is 1. The van der Waals surface area contributed by atoms with Crippen LogP contribution in [0.3, 0.4) is 0 Å². The minimum absolute atomic E-state index is 0.219. The first-order valence-corrected chi connectivity index (χ1v) is 8.49. The van der Waals surface area contributed by atoms with Gasteiger partial charge in [0, 0.05) is 24.8 Å². The molecule has 2 atom stereocenters. The van der Waals surface area contributed by atoms with E-state index in [1.54, 1.807) is 0 Å². The summed E-state index contributed by atoms with van der Waals surface area (Å²) >= 11 is 0. The van der Waals surface area contributed by atoms with Gasteiger partial charge in [-0.05, 0) is 30.0 Å². The summed E-state index contributed by atoms with van der Waals surface area (Å²) in [4.78, 5) is 14.1. The average molecular weight is 324 g/mol. The Balaban J connectivity index is 1.48. The fourth-order valence-electron chi connectivity index (χ4n) is 3.08. The molecule has 0 bridgehead atoms. The van der Waals surface area contributed by atoms with E-state index in [1.807, 2.05) is 53.4 Å². The summed E-state index contributed by atoms with van der Waals surface area (Å²) in [5, 5.41) is 3.57. The average Bonchev–Trinajstić information content (AvgIpc) is 2.63. The summed E-state index contributed by atoms with van der Waals surface area (Å²) < 4.78 is 5.44. The van der Waals surface area contributed by atoms with Crippen molar-refractivity contribution < 1.29 is 9.53 Å². The standard InChI is InChI=1S/C20H24N2O2/c1-16-14-22(20(23)24-15-17-8-4-2-5-9-17)13-12-19(16)21-18-10-6-3-7-11-18/h2-11,16,19,21H,12-15H2,1H3. The van der Waals surface area contributed by atoms with E-state index >= 15 is 0 Å². The molecule has 1 N–H and O–H groups in total. The first-order valence-electron chi connectivity index (χ1n) is 8.49. The van der Waals surface area contributed by atoms with Crippen LogP contribution in [0.4, 0.5) is 10.5 Å². The molecule has 1 saturated heterocycles. The third-order valence-electron chi connectivity index (χ3n) is 4.49. The Morgan fingerprint density at radius 1 is 1.12 bits per heavy atom. The highest BCUT2D eigenvalue weighted by Crippen LogP contribution is 2.22.